The second-order valence-corrected chi connectivity index (χ2v) is 6.44. The summed E-state index contributed by atoms with van der Waals surface area (Å²) in [6, 6.07) is 13.6. The molecular formula is C20H23N3O3. The van der Waals surface area contributed by atoms with E-state index in [9.17, 15) is 9.59 Å². The van der Waals surface area contributed by atoms with Crippen molar-refractivity contribution >= 4 is 17.5 Å². The Labute approximate surface area is 153 Å². The van der Waals surface area contributed by atoms with Crippen LogP contribution in [0.15, 0.2) is 52.0 Å². The quantitative estimate of drug-likeness (QED) is 0.802. The van der Waals surface area contributed by atoms with Crippen molar-refractivity contribution in [3.63, 3.8) is 0 Å². The maximum atomic E-state index is 12.3. The van der Waals surface area contributed by atoms with Crippen molar-refractivity contribution in [1.82, 2.24) is 9.91 Å². The standard InChI is InChI=1S/C20H23N3O3/c1-15-8-9-17(26-15)14-22(2)19(24)10-11-20(25)23-13-12-18(21-23)16-6-4-3-5-7-16/h3-9H,10-14H2,1-2H3. The second-order valence-electron chi connectivity index (χ2n) is 6.44. The van der Waals surface area contributed by atoms with E-state index < -0.39 is 0 Å². The zero-order chi connectivity index (χ0) is 18.5. The third-order valence-corrected chi connectivity index (χ3v) is 4.36. The topological polar surface area (TPSA) is 66.1 Å². The second kappa shape index (κ2) is 7.99. The number of amides is 2. The minimum Gasteiger partial charge on any atom is -0.464 e. The van der Waals surface area contributed by atoms with E-state index in [2.05, 4.69) is 5.10 Å². The molecular weight excluding hydrogens is 330 g/mol. The van der Waals surface area contributed by atoms with E-state index in [0.717, 1.165) is 29.2 Å². The van der Waals surface area contributed by atoms with Crippen molar-refractivity contribution < 1.29 is 14.0 Å². The fourth-order valence-corrected chi connectivity index (χ4v) is 2.90. The first-order chi connectivity index (χ1) is 12.5. The third kappa shape index (κ3) is 4.39. The van der Waals surface area contributed by atoms with Crippen LogP contribution in [0, 0.1) is 6.92 Å². The lowest BCUT2D eigenvalue weighted by atomic mass is 10.1. The van der Waals surface area contributed by atoms with Gasteiger partial charge in [-0.1, -0.05) is 30.3 Å². The van der Waals surface area contributed by atoms with Crippen LogP contribution in [0.1, 0.15) is 36.3 Å². The molecule has 2 aromatic rings. The molecule has 1 aliphatic rings. The van der Waals surface area contributed by atoms with E-state index in [1.54, 1.807) is 11.9 Å². The summed E-state index contributed by atoms with van der Waals surface area (Å²) in [6.45, 7) is 2.84. The lowest BCUT2D eigenvalue weighted by molar-refractivity contribution is -0.136. The predicted molar refractivity (Wildman–Crippen MR) is 98.5 cm³/mol. The zero-order valence-corrected chi connectivity index (χ0v) is 15.1. The van der Waals surface area contributed by atoms with Gasteiger partial charge in [-0.05, 0) is 24.6 Å². The smallest absolute Gasteiger partial charge is 0.243 e. The summed E-state index contributed by atoms with van der Waals surface area (Å²) in [6.07, 6.45) is 1.06. The Morgan fingerprint density at radius 3 is 2.62 bits per heavy atom. The lowest BCUT2D eigenvalue weighted by Crippen LogP contribution is -2.29. The Hall–Kier alpha value is -2.89. The molecule has 0 bridgehead atoms. The number of rotatable bonds is 6. The van der Waals surface area contributed by atoms with E-state index in [4.69, 9.17) is 4.42 Å². The number of carbonyl (C=O) groups is 2. The van der Waals surface area contributed by atoms with Crippen molar-refractivity contribution in [3.05, 3.63) is 59.5 Å². The Balaban J connectivity index is 1.49. The molecule has 0 unspecified atom stereocenters. The predicted octanol–water partition coefficient (Wildman–Crippen LogP) is 2.96. The first kappa shape index (κ1) is 17.9. The van der Waals surface area contributed by atoms with Crippen molar-refractivity contribution in [2.45, 2.75) is 32.7 Å². The molecule has 3 rings (SSSR count). The number of hydrazone groups is 1. The van der Waals surface area contributed by atoms with E-state index in [0.29, 0.717) is 13.1 Å². The molecule has 0 atom stereocenters. The largest absolute Gasteiger partial charge is 0.464 e. The van der Waals surface area contributed by atoms with Crippen LogP contribution in [0.25, 0.3) is 0 Å². The molecule has 2 amide bonds. The van der Waals surface area contributed by atoms with Crippen LogP contribution < -0.4 is 0 Å². The minimum atomic E-state index is -0.119. The van der Waals surface area contributed by atoms with Gasteiger partial charge in [0.05, 0.1) is 18.8 Å². The monoisotopic (exact) mass is 353 g/mol. The Morgan fingerprint density at radius 2 is 1.92 bits per heavy atom. The molecule has 0 aliphatic carbocycles. The molecule has 136 valence electrons. The number of hydrogen-bond donors (Lipinski definition) is 0. The van der Waals surface area contributed by atoms with Crippen LogP contribution in [-0.2, 0) is 16.1 Å². The lowest BCUT2D eigenvalue weighted by Gasteiger charge is -2.16. The molecule has 26 heavy (non-hydrogen) atoms. The maximum Gasteiger partial charge on any atom is 0.243 e. The van der Waals surface area contributed by atoms with Gasteiger partial charge in [0.2, 0.25) is 11.8 Å². The molecule has 0 fully saturated rings. The van der Waals surface area contributed by atoms with Crippen LogP contribution >= 0.6 is 0 Å². The van der Waals surface area contributed by atoms with Gasteiger partial charge < -0.3 is 9.32 Å². The van der Waals surface area contributed by atoms with Crippen LogP contribution in [0.4, 0.5) is 0 Å². The maximum absolute atomic E-state index is 12.3. The highest BCUT2D eigenvalue weighted by atomic mass is 16.3. The molecule has 6 nitrogen and oxygen atoms in total. The van der Waals surface area contributed by atoms with Gasteiger partial charge in [-0.2, -0.15) is 5.10 Å². The van der Waals surface area contributed by atoms with Gasteiger partial charge >= 0.3 is 0 Å². The Morgan fingerprint density at radius 1 is 1.15 bits per heavy atom. The van der Waals surface area contributed by atoms with E-state index in [-0.39, 0.29) is 24.7 Å². The molecule has 0 saturated carbocycles. The van der Waals surface area contributed by atoms with Gasteiger partial charge in [-0.15, -0.1) is 0 Å². The average Bonchev–Trinajstić information content (AvgIpc) is 3.29. The number of carbonyl (C=O) groups excluding carboxylic acids is 2. The molecule has 2 heterocycles. The number of benzene rings is 1. The Bertz CT molecular complexity index is 811. The average molecular weight is 353 g/mol. The first-order valence-electron chi connectivity index (χ1n) is 8.75. The number of hydrogen-bond acceptors (Lipinski definition) is 4. The van der Waals surface area contributed by atoms with Crippen LogP contribution in [0.3, 0.4) is 0 Å². The van der Waals surface area contributed by atoms with E-state index in [1.807, 2.05) is 49.4 Å². The fraction of sp³-hybridized carbons (Fsp3) is 0.350. The van der Waals surface area contributed by atoms with Gasteiger partial charge in [0, 0.05) is 26.3 Å². The highest BCUT2D eigenvalue weighted by molar-refractivity contribution is 6.02. The van der Waals surface area contributed by atoms with Crippen LogP contribution in [0.2, 0.25) is 0 Å². The van der Waals surface area contributed by atoms with Crippen molar-refractivity contribution in [2.75, 3.05) is 13.6 Å². The van der Waals surface area contributed by atoms with Gasteiger partial charge in [0.1, 0.15) is 11.5 Å². The minimum absolute atomic E-state index is 0.0844. The summed E-state index contributed by atoms with van der Waals surface area (Å²) in [5.74, 6) is 1.35. The molecule has 0 radical (unpaired) electrons. The first-order valence-corrected chi connectivity index (χ1v) is 8.75. The van der Waals surface area contributed by atoms with Crippen LogP contribution in [-0.4, -0.2) is 41.0 Å². The SMILES string of the molecule is Cc1ccc(CN(C)C(=O)CCC(=O)N2CCC(c3ccccc3)=N2)o1. The normalized spacial score (nSPS) is 13.6. The number of aryl methyl sites for hydroxylation is 1. The van der Waals surface area contributed by atoms with Gasteiger partial charge in [-0.3, -0.25) is 9.59 Å². The number of furan rings is 1. The molecule has 0 saturated heterocycles. The highest BCUT2D eigenvalue weighted by Crippen LogP contribution is 2.15. The molecule has 1 aromatic carbocycles. The van der Waals surface area contributed by atoms with Crippen molar-refractivity contribution in [2.24, 2.45) is 5.10 Å². The van der Waals surface area contributed by atoms with E-state index in [1.165, 1.54) is 5.01 Å². The fourth-order valence-electron chi connectivity index (χ4n) is 2.90. The molecule has 1 aliphatic heterocycles. The van der Waals surface area contributed by atoms with Gasteiger partial charge in [0.25, 0.3) is 0 Å². The molecule has 0 spiro atoms. The van der Waals surface area contributed by atoms with Gasteiger partial charge in [0.15, 0.2) is 0 Å². The molecule has 1 aromatic heterocycles. The zero-order valence-electron chi connectivity index (χ0n) is 15.1. The van der Waals surface area contributed by atoms with Gasteiger partial charge in [-0.25, -0.2) is 5.01 Å². The summed E-state index contributed by atoms with van der Waals surface area (Å²) < 4.78 is 5.48. The number of nitrogens with zero attached hydrogens (tertiary/aromatic N) is 3. The summed E-state index contributed by atoms with van der Waals surface area (Å²) in [5.41, 5.74) is 1.95. The van der Waals surface area contributed by atoms with Crippen LogP contribution in [0.5, 0.6) is 0 Å². The summed E-state index contributed by atoms with van der Waals surface area (Å²) in [4.78, 5) is 26.2. The summed E-state index contributed by atoms with van der Waals surface area (Å²) in [5, 5.41) is 5.89. The van der Waals surface area contributed by atoms with E-state index >= 15 is 0 Å². The Kier molecular flexibility index (Phi) is 5.51. The van der Waals surface area contributed by atoms with Crippen molar-refractivity contribution in [3.8, 4) is 0 Å². The third-order valence-electron chi connectivity index (χ3n) is 4.36. The van der Waals surface area contributed by atoms with Crippen molar-refractivity contribution in [1.29, 1.82) is 0 Å². The summed E-state index contributed by atoms with van der Waals surface area (Å²) in [7, 11) is 1.71. The summed E-state index contributed by atoms with van der Waals surface area (Å²) >= 11 is 0. The highest BCUT2D eigenvalue weighted by Gasteiger charge is 2.22. The molecule has 6 heteroatoms. The molecule has 0 N–H and O–H groups in total.